The number of hydrogen-bond acceptors (Lipinski definition) is 2. The highest BCUT2D eigenvalue weighted by Gasteiger charge is 2.25. The van der Waals surface area contributed by atoms with Gasteiger partial charge in [0.1, 0.15) is 0 Å². The Labute approximate surface area is 97.9 Å². The highest BCUT2D eigenvalue weighted by atomic mass is 16.1. The van der Waals surface area contributed by atoms with Crippen molar-refractivity contribution in [2.75, 3.05) is 0 Å². The first-order valence-corrected chi connectivity index (χ1v) is 5.67. The van der Waals surface area contributed by atoms with Gasteiger partial charge in [-0.25, -0.2) is 0 Å². The molecule has 2 nitrogen and oxygen atoms in total. The SMILES string of the molecule is Cc1ccc(C(C)C)cc1C(=O)C(C)(C)N. The minimum absolute atomic E-state index is 0.00694. The van der Waals surface area contributed by atoms with Gasteiger partial charge in [0, 0.05) is 5.56 Å². The summed E-state index contributed by atoms with van der Waals surface area (Å²) in [7, 11) is 0. The molecule has 88 valence electrons. The van der Waals surface area contributed by atoms with Gasteiger partial charge in [-0.3, -0.25) is 4.79 Å². The maximum atomic E-state index is 12.1. The summed E-state index contributed by atoms with van der Waals surface area (Å²) in [6, 6.07) is 6.03. The van der Waals surface area contributed by atoms with Crippen molar-refractivity contribution in [1.29, 1.82) is 0 Å². The molecule has 16 heavy (non-hydrogen) atoms. The predicted molar refractivity (Wildman–Crippen MR) is 67.9 cm³/mol. The fourth-order valence-corrected chi connectivity index (χ4v) is 1.59. The maximum Gasteiger partial charge on any atom is 0.182 e. The van der Waals surface area contributed by atoms with E-state index in [9.17, 15) is 4.79 Å². The van der Waals surface area contributed by atoms with E-state index in [0.717, 1.165) is 11.1 Å². The van der Waals surface area contributed by atoms with Crippen molar-refractivity contribution >= 4 is 5.78 Å². The zero-order valence-electron chi connectivity index (χ0n) is 10.8. The lowest BCUT2D eigenvalue weighted by Gasteiger charge is -2.19. The molecular weight excluding hydrogens is 198 g/mol. The fraction of sp³-hybridized carbons (Fsp3) is 0.500. The molecule has 1 aromatic carbocycles. The Morgan fingerprint density at radius 2 is 1.88 bits per heavy atom. The molecule has 0 spiro atoms. The Hall–Kier alpha value is -1.15. The average Bonchev–Trinajstić information content (AvgIpc) is 2.15. The lowest BCUT2D eigenvalue weighted by molar-refractivity contribution is 0.0913. The van der Waals surface area contributed by atoms with Crippen LogP contribution < -0.4 is 5.73 Å². The quantitative estimate of drug-likeness (QED) is 0.794. The van der Waals surface area contributed by atoms with Gasteiger partial charge in [-0.15, -0.1) is 0 Å². The standard InChI is InChI=1S/C14H21NO/c1-9(2)11-7-6-10(3)12(8-11)13(16)14(4,5)15/h6-9H,15H2,1-5H3. The molecule has 0 saturated carbocycles. The summed E-state index contributed by atoms with van der Waals surface area (Å²) in [5, 5.41) is 0. The van der Waals surface area contributed by atoms with Crippen molar-refractivity contribution in [2.45, 2.75) is 46.1 Å². The van der Waals surface area contributed by atoms with Crippen LogP contribution in [0.2, 0.25) is 0 Å². The summed E-state index contributed by atoms with van der Waals surface area (Å²) in [5.74, 6) is 0.431. The molecule has 2 N–H and O–H groups in total. The van der Waals surface area contributed by atoms with E-state index < -0.39 is 5.54 Å². The third kappa shape index (κ3) is 2.70. The van der Waals surface area contributed by atoms with Gasteiger partial charge in [0.25, 0.3) is 0 Å². The van der Waals surface area contributed by atoms with Crippen LogP contribution in [-0.2, 0) is 0 Å². The minimum atomic E-state index is -0.805. The Balaban J connectivity index is 3.23. The number of ketones is 1. The van der Waals surface area contributed by atoms with Gasteiger partial charge in [-0.05, 0) is 43.9 Å². The van der Waals surface area contributed by atoms with E-state index >= 15 is 0 Å². The van der Waals surface area contributed by atoms with Crippen LogP contribution in [0.15, 0.2) is 18.2 Å². The zero-order valence-corrected chi connectivity index (χ0v) is 10.8. The third-order valence-electron chi connectivity index (χ3n) is 2.76. The Bertz CT molecular complexity index is 400. The lowest BCUT2D eigenvalue weighted by atomic mass is 9.89. The molecule has 0 aromatic heterocycles. The first-order valence-electron chi connectivity index (χ1n) is 5.67. The van der Waals surface area contributed by atoms with Crippen LogP contribution in [0.1, 0.15) is 55.1 Å². The van der Waals surface area contributed by atoms with Gasteiger partial charge in [0.15, 0.2) is 5.78 Å². The number of rotatable bonds is 3. The molecule has 2 heteroatoms. The van der Waals surface area contributed by atoms with Gasteiger partial charge in [-0.1, -0.05) is 26.0 Å². The van der Waals surface area contributed by atoms with E-state index in [1.807, 2.05) is 19.1 Å². The zero-order chi connectivity index (χ0) is 12.5. The number of benzene rings is 1. The van der Waals surface area contributed by atoms with Crippen LogP contribution in [0.3, 0.4) is 0 Å². The molecule has 0 aliphatic carbocycles. The molecule has 0 bridgehead atoms. The normalized spacial score (nSPS) is 11.9. The Kier molecular flexibility index (Phi) is 3.54. The highest BCUT2D eigenvalue weighted by molar-refractivity contribution is 6.03. The van der Waals surface area contributed by atoms with E-state index in [0.29, 0.717) is 5.92 Å². The third-order valence-corrected chi connectivity index (χ3v) is 2.76. The van der Waals surface area contributed by atoms with E-state index in [1.54, 1.807) is 13.8 Å². The summed E-state index contributed by atoms with van der Waals surface area (Å²) in [5.41, 5.74) is 7.97. The number of Topliss-reactive ketones (excluding diaryl/α,β-unsaturated/α-hetero) is 1. The molecule has 1 rings (SSSR count). The molecule has 0 amide bonds. The molecule has 1 aromatic rings. The maximum absolute atomic E-state index is 12.1. The van der Waals surface area contributed by atoms with Crippen LogP contribution in [0.4, 0.5) is 0 Å². The van der Waals surface area contributed by atoms with Gasteiger partial charge in [-0.2, -0.15) is 0 Å². The summed E-state index contributed by atoms with van der Waals surface area (Å²) in [6.45, 7) is 9.68. The molecule has 0 fully saturated rings. The smallest absolute Gasteiger partial charge is 0.182 e. The van der Waals surface area contributed by atoms with Crippen LogP contribution in [-0.4, -0.2) is 11.3 Å². The highest BCUT2D eigenvalue weighted by Crippen LogP contribution is 2.21. The van der Waals surface area contributed by atoms with Crippen LogP contribution in [0.25, 0.3) is 0 Å². The number of nitrogens with two attached hydrogens (primary N) is 1. The number of hydrogen-bond donors (Lipinski definition) is 1. The van der Waals surface area contributed by atoms with Gasteiger partial charge < -0.3 is 5.73 Å². The Morgan fingerprint density at radius 3 is 2.31 bits per heavy atom. The largest absolute Gasteiger partial charge is 0.319 e. The van der Waals surface area contributed by atoms with E-state index in [4.69, 9.17) is 5.73 Å². The average molecular weight is 219 g/mol. The van der Waals surface area contributed by atoms with Crippen LogP contribution >= 0.6 is 0 Å². The van der Waals surface area contributed by atoms with Crippen molar-refractivity contribution in [1.82, 2.24) is 0 Å². The first kappa shape index (κ1) is 12.9. The van der Waals surface area contributed by atoms with Crippen LogP contribution in [0, 0.1) is 6.92 Å². The second-order valence-corrected chi connectivity index (χ2v) is 5.28. The lowest BCUT2D eigenvalue weighted by Crippen LogP contribution is -2.41. The van der Waals surface area contributed by atoms with Crippen LogP contribution in [0.5, 0.6) is 0 Å². The van der Waals surface area contributed by atoms with Gasteiger partial charge in [0.05, 0.1) is 5.54 Å². The molecule has 0 aliphatic heterocycles. The first-order chi connectivity index (χ1) is 7.23. The second kappa shape index (κ2) is 4.38. The van der Waals surface area contributed by atoms with Crippen molar-refractivity contribution < 1.29 is 4.79 Å². The summed E-state index contributed by atoms with van der Waals surface area (Å²) in [4.78, 5) is 12.1. The Morgan fingerprint density at radius 1 is 1.31 bits per heavy atom. The number of carbonyl (C=O) groups is 1. The minimum Gasteiger partial charge on any atom is -0.319 e. The topological polar surface area (TPSA) is 43.1 Å². The molecule has 0 heterocycles. The number of aryl methyl sites for hydroxylation is 1. The van der Waals surface area contributed by atoms with Crippen molar-refractivity contribution in [3.63, 3.8) is 0 Å². The van der Waals surface area contributed by atoms with Gasteiger partial charge >= 0.3 is 0 Å². The predicted octanol–water partition coefficient (Wildman–Crippen LogP) is 3.04. The van der Waals surface area contributed by atoms with Crippen molar-refractivity contribution in [3.05, 3.63) is 34.9 Å². The molecule has 0 atom stereocenters. The summed E-state index contributed by atoms with van der Waals surface area (Å²) < 4.78 is 0. The monoisotopic (exact) mass is 219 g/mol. The van der Waals surface area contributed by atoms with Crippen molar-refractivity contribution in [3.8, 4) is 0 Å². The van der Waals surface area contributed by atoms with E-state index in [-0.39, 0.29) is 5.78 Å². The van der Waals surface area contributed by atoms with Gasteiger partial charge in [0.2, 0.25) is 0 Å². The number of carbonyl (C=O) groups excluding carboxylic acids is 1. The van der Waals surface area contributed by atoms with E-state index in [2.05, 4.69) is 19.9 Å². The molecule has 0 aliphatic rings. The molecular formula is C14H21NO. The van der Waals surface area contributed by atoms with E-state index in [1.165, 1.54) is 5.56 Å². The van der Waals surface area contributed by atoms with Crippen molar-refractivity contribution in [2.24, 2.45) is 5.73 Å². The molecule has 0 unspecified atom stereocenters. The summed E-state index contributed by atoms with van der Waals surface area (Å²) >= 11 is 0. The fourth-order valence-electron chi connectivity index (χ4n) is 1.59. The second-order valence-electron chi connectivity index (χ2n) is 5.28. The molecule has 0 saturated heterocycles. The molecule has 0 radical (unpaired) electrons. The summed E-state index contributed by atoms with van der Waals surface area (Å²) in [6.07, 6.45) is 0.